The summed E-state index contributed by atoms with van der Waals surface area (Å²) in [5.74, 6) is 1.02. The predicted molar refractivity (Wildman–Crippen MR) is 57.4 cm³/mol. The molecule has 1 aliphatic rings. The third-order valence-electron chi connectivity index (χ3n) is 2.41. The first-order valence-electron chi connectivity index (χ1n) is 5.56. The monoisotopic (exact) mass is 243 g/mol. The molecule has 1 aliphatic heterocycles. The molecule has 96 valence electrons. The van der Waals surface area contributed by atoms with E-state index >= 15 is 0 Å². The van der Waals surface area contributed by atoms with Crippen molar-refractivity contribution in [2.45, 2.75) is 18.6 Å². The van der Waals surface area contributed by atoms with E-state index in [-0.39, 0.29) is 12.1 Å². The van der Waals surface area contributed by atoms with Crippen LogP contribution in [0.1, 0.15) is 17.8 Å². The van der Waals surface area contributed by atoms with Crippen LogP contribution in [0, 0.1) is 0 Å². The molecule has 2 unspecified atom stereocenters. The van der Waals surface area contributed by atoms with Gasteiger partial charge in [0.15, 0.2) is 0 Å². The maximum absolute atomic E-state index is 5.80. The Bertz CT molecular complexity index is 338. The van der Waals surface area contributed by atoms with Crippen molar-refractivity contribution in [3.63, 3.8) is 0 Å². The fourth-order valence-corrected chi connectivity index (χ4v) is 1.62. The van der Waals surface area contributed by atoms with Crippen LogP contribution in [0.4, 0.5) is 0 Å². The molecule has 2 rings (SSSR count). The molecule has 0 saturated carbocycles. The van der Waals surface area contributed by atoms with Crippen LogP contribution in [0.5, 0.6) is 0 Å². The third kappa shape index (κ3) is 3.47. The lowest BCUT2D eigenvalue weighted by Gasteiger charge is -2.19. The average molecular weight is 243 g/mol. The van der Waals surface area contributed by atoms with Gasteiger partial charge in [0, 0.05) is 19.6 Å². The predicted octanol–water partition coefficient (Wildman–Crippen LogP) is -0.326. The molecule has 0 radical (unpaired) electrons. The lowest BCUT2D eigenvalue weighted by molar-refractivity contribution is -0.0941. The number of methoxy groups -OCH3 is 1. The van der Waals surface area contributed by atoms with Gasteiger partial charge in [0.25, 0.3) is 0 Å². The molecule has 1 fully saturated rings. The van der Waals surface area contributed by atoms with Crippen molar-refractivity contribution in [3.05, 3.63) is 11.7 Å². The van der Waals surface area contributed by atoms with Crippen LogP contribution in [-0.4, -0.2) is 49.7 Å². The maximum Gasteiger partial charge on any atom is 0.228 e. The summed E-state index contributed by atoms with van der Waals surface area (Å²) >= 11 is 0. The summed E-state index contributed by atoms with van der Waals surface area (Å²) in [6.45, 7) is 2.08. The second kappa shape index (κ2) is 6.06. The van der Waals surface area contributed by atoms with Gasteiger partial charge in [-0.1, -0.05) is 5.16 Å². The SMILES string of the molecule is COCC(N)Cc1nc(C2COCCO2)no1. The minimum Gasteiger partial charge on any atom is -0.383 e. The van der Waals surface area contributed by atoms with Crippen molar-refractivity contribution in [1.29, 1.82) is 0 Å². The summed E-state index contributed by atoms with van der Waals surface area (Å²) in [5, 5.41) is 3.87. The van der Waals surface area contributed by atoms with E-state index in [9.17, 15) is 0 Å². The Morgan fingerprint density at radius 1 is 1.53 bits per heavy atom. The summed E-state index contributed by atoms with van der Waals surface area (Å²) in [4.78, 5) is 4.24. The van der Waals surface area contributed by atoms with E-state index in [4.69, 9.17) is 24.5 Å². The minimum atomic E-state index is -0.236. The highest BCUT2D eigenvalue weighted by atomic mass is 16.6. The number of aromatic nitrogens is 2. The molecule has 17 heavy (non-hydrogen) atoms. The maximum atomic E-state index is 5.80. The van der Waals surface area contributed by atoms with Crippen LogP contribution in [0.2, 0.25) is 0 Å². The Hall–Kier alpha value is -1.02. The van der Waals surface area contributed by atoms with E-state index in [2.05, 4.69) is 10.1 Å². The first-order chi connectivity index (χ1) is 8.29. The van der Waals surface area contributed by atoms with Crippen LogP contribution < -0.4 is 5.73 Å². The lowest BCUT2D eigenvalue weighted by atomic mass is 10.2. The van der Waals surface area contributed by atoms with Gasteiger partial charge in [-0.3, -0.25) is 0 Å². The van der Waals surface area contributed by atoms with Gasteiger partial charge in [0.2, 0.25) is 11.7 Å². The number of nitrogens with two attached hydrogens (primary N) is 1. The Balaban J connectivity index is 1.90. The van der Waals surface area contributed by atoms with Crippen LogP contribution in [0.15, 0.2) is 4.52 Å². The summed E-state index contributed by atoms with van der Waals surface area (Å²) in [6, 6.07) is -0.142. The molecule has 7 heteroatoms. The largest absolute Gasteiger partial charge is 0.383 e. The second-order valence-electron chi connectivity index (χ2n) is 3.90. The van der Waals surface area contributed by atoms with Gasteiger partial charge < -0.3 is 24.5 Å². The zero-order valence-electron chi connectivity index (χ0n) is 9.80. The Kier molecular flexibility index (Phi) is 4.43. The first kappa shape index (κ1) is 12.4. The van der Waals surface area contributed by atoms with Crippen LogP contribution in [-0.2, 0) is 20.6 Å². The molecule has 1 saturated heterocycles. The highest BCUT2D eigenvalue weighted by Crippen LogP contribution is 2.17. The Labute approximate surface area is 99.2 Å². The second-order valence-corrected chi connectivity index (χ2v) is 3.90. The quantitative estimate of drug-likeness (QED) is 0.757. The van der Waals surface area contributed by atoms with E-state index in [0.717, 1.165) is 0 Å². The fourth-order valence-electron chi connectivity index (χ4n) is 1.62. The number of hydrogen-bond donors (Lipinski definition) is 1. The van der Waals surface area contributed by atoms with Gasteiger partial charge >= 0.3 is 0 Å². The molecule has 1 aromatic heterocycles. The van der Waals surface area contributed by atoms with Gasteiger partial charge in [0.1, 0.15) is 6.10 Å². The molecule has 7 nitrogen and oxygen atoms in total. The first-order valence-corrected chi connectivity index (χ1v) is 5.56. The van der Waals surface area contributed by atoms with E-state index < -0.39 is 0 Å². The normalized spacial score (nSPS) is 22.6. The smallest absolute Gasteiger partial charge is 0.228 e. The summed E-state index contributed by atoms with van der Waals surface area (Å²) < 4.78 is 20.8. The van der Waals surface area contributed by atoms with Gasteiger partial charge in [-0.05, 0) is 0 Å². The molecule has 0 bridgehead atoms. The highest BCUT2D eigenvalue weighted by Gasteiger charge is 2.22. The van der Waals surface area contributed by atoms with Crippen LogP contribution in [0.3, 0.4) is 0 Å². The molecule has 0 spiro atoms. The summed E-state index contributed by atoms with van der Waals surface area (Å²) in [7, 11) is 1.60. The van der Waals surface area contributed by atoms with Crippen molar-refractivity contribution >= 4 is 0 Å². The van der Waals surface area contributed by atoms with Crippen LogP contribution >= 0.6 is 0 Å². The highest BCUT2D eigenvalue weighted by molar-refractivity contribution is 4.93. The molecule has 0 aromatic carbocycles. The van der Waals surface area contributed by atoms with Gasteiger partial charge in [0.05, 0.1) is 26.4 Å². The van der Waals surface area contributed by atoms with E-state index in [1.54, 1.807) is 7.11 Å². The molecule has 0 amide bonds. The number of nitrogens with zero attached hydrogens (tertiary/aromatic N) is 2. The van der Waals surface area contributed by atoms with Crippen molar-refractivity contribution in [2.75, 3.05) is 33.5 Å². The number of rotatable bonds is 5. The van der Waals surface area contributed by atoms with Gasteiger partial charge in [-0.2, -0.15) is 4.98 Å². The summed E-state index contributed by atoms with van der Waals surface area (Å²) in [6.07, 6.45) is 0.258. The van der Waals surface area contributed by atoms with Crippen LogP contribution in [0.25, 0.3) is 0 Å². The topological polar surface area (TPSA) is 92.6 Å². The van der Waals surface area contributed by atoms with Gasteiger partial charge in [-0.25, -0.2) is 0 Å². The van der Waals surface area contributed by atoms with Gasteiger partial charge in [-0.15, -0.1) is 0 Å². The molecule has 1 aromatic rings. The Morgan fingerprint density at radius 2 is 2.41 bits per heavy atom. The summed E-state index contributed by atoms with van der Waals surface area (Å²) in [5.41, 5.74) is 5.80. The number of hydrogen-bond acceptors (Lipinski definition) is 7. The Morgan fingerprint density at radius 3 is 3.12 bits per heavy atom. The van der Waals surface area contributed by atoms with Crippen molar-refractivity contribution in [2.24, 2.45) is 5.73 Å². The zero-order chi connectivity index (χ0) is 12.1. The molecule has 0 aliphatic carbocycles. The molecular formula is C10H17N3O4. The van der Waals surface area contributed by atoms with E-state index in [0.29, 0.717) is 44.6 Å². The zero-order valence-corrected chi connectivity index (χ0v) is 9.80. The molecule has 2 heterocycles. The minimum absolute atomic E-state index is 0.142. The fraction of sp³-hybridized carbons (Fsp3) is 0.800. The van der Waals surface area contributed by atoms with E-state index in [1.807, 2.05) is 0 Å². The van der Waals surface area contributed by atoms with Crippen molar-refractivity contribution < 1.29 is 18.7 Å². The average Bonchev–Trinajstić information content (AvgIpc) is 2.79. The van der Waals surface area contributed by atoms with E-state index in [1.165, 1.54) is 0 Å². The lowest BCUT2D eigenvalue weighted by Crippen LogP contribution is -2.28. The molecule has 2 N–H and O–H groups in total. The molecular weight excluding hydrogens is 226 g/mol. The van der Waals surface area contributed by atoms with Crippen molar-refractivity contribution in [3.8, 4) is 0 Å². The van der Waals surface area contributed by atoms with Crippen molar-refractivity contribution in [1.82, 2.24) is 10.1 Å². The molecule has 2 atom stereocenters. The number of ether oxygens (including phenoxy) is 3. The third-order valence-corrected chi connectivity index (χ3v) is 2.41. The standard InChI is InChI=1S/C10H17N3O4/c1-14-5-7(11)4-9-12-10(13-17-9)8-6-15-2-3-16-8/h7-8H,2-6,11H2,1H3.